The van der Waals surface area contributed by atoms with Crippen LogP contribution in [0.3, 0.4) is 0 Å². The van der Waals surface area contributed by atoms with Gasteiger partial charge in [0, 0.05) is 5.56 Å². The highest BCUT2D eigenvalue weighted by molar-refractivity contribution is 7.20. The van der Waals surface area contributed by atoms with Crippen molar-refractivity contribution < 1.29 is 19.1 Å². The number of hydrogen-bond donors (Lipinski definition) is 2. The molecule has 7 nitrogen and oxygen atoms in total. The zero-order valence-electron chi connectivity index (χ0n) is 13.8. The van der Waals surface area contributed by atoms with E-state index in [1.54, 1.807) is 0 Å². The molecule has 0 saturated carbocycles. The third-order valence-electron chi connectivity index (χ3n) is 4.05. The van der Waals surface area contributed by atoms with Gasteiger partial charge in [-0.2, -0.15) is 0 Å². The molecule has 0 aliphatic rings. The molecule has 2 heterocycles. The van der Waals surface area contributed by atoms with Crippen LogP contribution in [0, 0.1) is 19.7 Å². The summed E-state index contributed by atoms with van der Waals surface area (Å²) in [6, 6.07) is 3.76. The minimum atomic E-state index is -1.20. The predicted octanol–water partition coefficient (Wildman–Crippen LogP) is 2.09. The highest BCUT2D eigenvalue weighted by atomic mass is 32.1. The number of H-pyrrole nitrogens is 1. The quantitative estimate of drug-likeness (QED) is 0.678. The maximum atomic E-state index is 13.3. The number of halogens is 1. The summed E-state index contributed by atoms with van der Waals surface area (Å²) in [6.45, 7) is 2.43. The zero-order valence-corrected chi connectivity index (χ0v) is 14.6. The van der Waals surface area contributed by atoms with E-state index in [1.807, 2.05) is 0 Å². The van der Waals surface area contributed by atoms with Crippen molar-refractivity contribution in [1.82, 2.24) is 9.55 Å². The summed E-state index contributed by atoms with van der Waals surface area (Å²) in [6.07, 6.45) is 0. The topological polar surface area (TPSA) is 109 Å². The number of carboxylic acids is 1. The number of fused-ring (bicyclic) bond motifs is 1. The molecule has 0 saturated heterocycles. The number of carbonyl (C=O) groups excluding carboxylic acids is 1. The molecule has 0 atom stereocenters. The maximum absolute atomic E-state index is 13.3. The molecule has 0 bridgehead atoms. The summed E-state index contributed by atoms with van der Waals surface area (Å²) < 4.78 is 14.1. The molecule has 0 aliphatic heterocycles. The SMILES string of the molecule is Cc1cc(C(=O)Cn2c(=O)[nH]c3sc(C(=O)O)c(C)c3c2=O)ccc1F. The van der Waals surface area contributed by atoms with Gasteiger partial charge < -0.3 is 5.11 Å². The number of Topliss-reactive ketones (excluding diaryl/α,β-unsaturated/α-hetero) is 1. The monoisotopic (exact) mass is 376 g/mol. The first-order valence-corrected chi connectivity index (χ1v) is 8.31. The number of thiophene rings is 1. The van der Waals surface area contributed by atoms with E-state index in [-0.39, 0.29) is 31.8 Å². The molecule has 0 fully saturated rings. The number of rotatable bonds is 4. The standard InChI is InChI=1S/C17H13FN2O5S/c1-7-5-9(3-4-10(7)18)11(21)6-20-15(22)12-8(2)13(16(23)24)26-14(12)19-17(20)25/h3-5H,6H2,1-2H3,(H,19,25)(H,23,24). The number of hydrogen-bond acceptors (Lipinski definition) is 5. The van der Waals surface area contributed by atoms with E-state index in [0.717, 1.165) is 17.4 Å². The van der Waals surface area contributed by atoms with E-state index in [9.17, 15) is 23.6 Å². The molecule has 0 amide bonds. The van der Waals surface area contributed by atoms with Crippen LogP contribution < -0.4 is 11.2 Å². The number of ketones is 1. The number of nitrogens with one attached hydrogen (secondary N) is 1. The molecule has 3 rings (SSSR count). The number of benzene rings is 1. The van der Waals surface area contributed by atoms with E-state index in [4.69, 9.17) is 5.11 Å². The molecule has 1 aromatic carbocycles. The van der Waals surface area contributed by atoms with Crippen LogP contribution in [0.25, 0.3) is 10.2 Å². The van der Waals surface area contributed by atoms with Gasteiger partial charge in [-0.3, -0.25) is 19.1 Å². The van der Waals surface area contributed by atoms with Crippen LogP contribution in [-0.4, -0.2) is 26.4 Å². The van der Waals surface area contributed by atoms with Crippen molar-refractivity contribution in [2.24, 2.45) is 0 Å². The zero-order chi connectivity index (χ0) is 19.2. The fraction of sp³-hybridized carbons (Fsp3) is 0.176. The Hall–Kier alpha value is -3.07. The van der Waals surface area contributed by atoms with Gasteiger partial charge in [0.05, 0.1) is 11.9 Å². The van der Waals surface area contributed by atoms with Crippen LogP contribution in [0.5, 0.6) is 0 Å². The second-order valence-electron chi connectivity index (χ2n) is 5.77. The Kier molecular flexibility index (Phi) is 4.33. The lowest BCUT2D eigenvalue weighted by Crippen LogP contribution is -2.37. The average molecular weight is 376 g/mol. The Labute approximate surface area is 149 Å². The number of carbonyl (C=O) groups is 2. The largest absolute Gasteiger partial charge is 0.477 e. The van der Waals surface area contributed by atoms with Crippen molar-refractivity contribution in [3.05, 3.63) is 66.4 Å². The molecule has 0 unspecified atom stereocenters. The summed E-state index contributed by atoms with van der Waals surface area (Å²) >= 11 is 0.793. The Bertz CT molecular complexity index is 1190. The molecule has 2 N–H and O–H groups in total. The van der Waals surface area contributed by atoms with Gasteiger partial charge in [-0.1, -0.05) is 0 Å². The molecular weight excluding hydrogens is 363 g/mol. The second-order valence-corrected chi connectivity index (χ2v) is 6.79. The van der Waals surface area contributed by atoms with E-state index in [0.29, 0.717) is 4.57 Å². The summed E-state index contributed by atoms with van der Waals surface area (Å²) in [5.74, 6) is -2.20. The third kappa shape index (κ3) is 2.86. The first-order chi connectivity index (χ1) is 12.2. The van der Waals surface area contributed by atoms with Crippen molar-refractivity contribution in [1.29, 1.82) is 0 Å². The molecule has 26 heavy (non-hydrogen) atoms. The van der Waals surface area contributed by atoms with Crippen LogP contribution in [0.2, 0.25) is 0 Å². The summed E-state index contributed by atoms with van der Waals surface area (Å²) in [4.78, 5) is 51.0. The predicted molar refractivity (Wildman–Crippen MR) is 93.9 cm³/mol. The van der Waals surface area contributed by atoms with Crippen molar-refractivity contribution in [2.45, 2.75) is 20.4 Å². The fourth-order valence-corrected chi connectivity index (χ4v) is 3.68. The second kappa shape index (κ2) is 6.34. The van der Waals surface area contributed by atoms with Gasteiger partial charge in [0.1, 0.15) is 15.5 Å². The minimum Gasteiger partial charge on any atom is -0.477 e. The Morgan fingerprint density at radius 3 is 2.58 bits per heavy atom. The lowest BCUT2D eigenvalue weighted by Gasteiger charge is -2.06. The first-order valence-electron chi connectivity index (χ1n) is 7.49. The summed E-state index contributed by atoms with van der Waals surface area (Å²) in [5, 5.41) is 9.23. The molecule has 134 valence electrons. The van der Waals surface area contributed by atoms with Crippen LogP contribution >= 0.6 is 11.3 Å². The number of carboxylic acid groups (broad SMARTS) is 1. The van der Waals surface area contributed by atoms with E-state index in [1.165, 1.54) is 26.0 Å². The lowest BCUT2D eigenvalue weighted by atomic mass is 10.1. The molecule has 2 aromatic heterocycles. The number of aromatic nitrogens is 2. The van der Waals surface area contributed by atoms with Crippen LogP contribution in [-0.2, 0) is 6.54 Å². The molecule has 0 radical (unpaired) electrons. The Balaban J connectivity index is 2.10. The van der Waals surface area contributed by atoms with Gasteiger partial charge >= 0.3 is 11.7 Å². The molecule has 0 aliphatic carbocycles. The number of aromatic amines is 1. The van der Waals surface area contributed by atoms with Gasteiger partial charge in [0.15, 0.2) is 5.78 Å². The Morgan fingerprint density at radius 1 is 1.27 bits per heavy atom. The highest BCUT2D eigenvalue weighted by Gasteiger charge is 2.21. The number of aryl methyl sites for hydroxylation is 2. The smallest absolute Gasteiger partial charge is 0.346 e. The van der Waals surface area contributed by atoms with Gasteiger partial charge in [-0.05, 0) is 43.2 Å². The molecule has 3 aromatic rings. The molecular formula is C17H13FN2O5S. The van der Waals surface area contributed by atoms with Crippen molar-refractivity contribution in [3.8, 4) is 0 Å². The maximum Gasteiger partial charge on any atom is 0.346 e. The summed E-state index contributed by atoms with van der Waals surface area (Å²) in [5.41, 5.74) is -0.876. The van der Waals surface area contributed by atoms with E-state index in [2.05, 4.69) is 4.98 Å². The van der Waals surface area contributed by atoms with E-state index < -0.39 is 35.4 Å². The van der Waals surface area contributed by atoms with Crippen LogP contribution in [0.15, 0.2) is 27.8 Å². The normalized spacial score (nSPS) is 11.0. The summed E-state index contributed by atoms with van der Waals surface area (Å²) in [7, 11) is 0. The molecule has 9 heteroatoms. The van der Waals surface area contributed by atoms with Gasteiger partial charge in [-0.15, -0.1) is 11.3 Å². The highest BCUT2D eigenvalue weighted by Crippen LogP contribution is 2.26. The lowest BCUT2D eigenvalue weighted by molar-refractivity contribution is 0.0701. The number of aromatic carboxylic acids is 1. The Morgan fingerprint density at radius 2 is 1.96 bits per heavy atom. The third-order valence-corrected chi connectivity index (χ3v) is 5.24. The van der Waals surface area contributed by atoms with Crippen molar-refractivity contribution in [2.75, 3.05) is 0 Å². The van der Waals surface area contributed by atoms with Crippen molar-refractivity contribution in [3.63, 3.8) is 0 Å². The van der Waals surface area contributed by atoms with Gasteiger partial charge in [0.25, 0.3) is 5.56 Å². The minimum absolute atomic E-state index is 0.0500. The van der Waals surface area contributed by atoms with E-state index >= 15 is 0 Å². The molecule has 0 spiro atoms. The number of nitrogens with zero attached hydrogens (tertiary/aromatic N) is 1. The van der Waals surface area contributed by atoms with Crippen molar-refractivity contribution >= 4 is 33.3 Å². The van der Waals surface area contributed by atoms with Gasteiger partial charge in [-0.25, -0.2) is 14.0 Å². The van der Waals surface area contributed by atoms with Crippen LogP contribution in [0.4, 0.5) is 4.39 Å². The van der Waals surface area contributed by atoms with Gasteiger partial charge in [0.2, 0.25) is 0 Å². The average Bonchev–Trinajstić information content (AvgIpc) is 2.90. The van der Waals surface area contributed by atoms with Crippen LogP contribution in [0.1, 0.15) is 31.2 Å². The first kappa shape index (κ1) is 17.7. The fourth-order valence-electron chi connectivity index (χ4n) is 2.65.